The number of hydrogen-bond acceptors (Lipinski definition) is 7. The molecule has 9 heteroatoms. The average Bonchev–Trinajstić information content (AvgIpc) is 3.52. The minimum absolute atomic E-state index is 0.0679. The highest BCUT2D eigenvalue weighted by Gasteiger charge is 2.47. The topological polar surface area (TPSA) is 105 Å². The first-order valence-corrected chi connectivity index (χ1v) is 13.4. The van der Waals surface area contributed by atoms with Crippen molar-refractivity contribution in [1.82, 2.24) is 19.8 Å². The summed E-state index contributed by atoms with van der Waals surface area (Å²) in [5.41, 5.74) is 0.890. The number of likely N-dealkylation sites (tertiary alicyclic amines) is 1. The van der Waals surface area contributed by atoms with Crippen LogP contribution >= 0.6 is 0 Å². The van der Waals surface area contributed by atoms with Crippen molar-refractivity contribution < 1.29 is 24.2 Å². The van der Waals surface area contributed by atoms with Crippen LogP contribution < -0.4 is 9.47 Å². The SMILES string of the molecule is CCCCN(CCCC)C(=O)CN1CC(c2ccc3c(c2)OCO3)C(C(=O)O)C1CCc1ncccn1. The Labute approximate surface area is 218 Å². The van der Waals surface area contributed by atoms with Crippen LogP contribution in [0.1, 0.15) is 63.3 Å². The minimum atomic E-state index is -0.856. The Morgan fingerprint density at radius 1 is 1.08 bits per heavy atom. The molecule has 2 aliphatic rings. The van der Waals surface area contributed by atoms with Crippen LogP contribution in [0.4, 0.5) is 0 Å². The van der Waals surface area contributed by atoms with Crippen molar-refractivity contribution in [1.29, 1.82) is 0 Å². The van der Waals surface area contributed by atoms with Gasteiger partial charge >= 0.3 is 5.97 Å². The quantitative estimate of drug-likeness (QED) is 0.435. The lowest BCUT2D eigenvalue weighted by atomic mass is 9.83. The molecule has 0 saturated carbocycles. The van der Waals surface area contributed by atoms with Gasteiger partial charge in [0.05, 0.1) is 12.5 Å². The van der Waals surface area contributed by atoms with Gasteiger partial charge in [-0.05, 0) is 43.0 Å². The molecule has 3 heterocycles. The van der Waals surface area contributed by atoms with E-state index in [9.17, 15) is 14.7 Å². The van der Waals surface area contributed by atoms with Crippen molar-refractivity contribution in [2.75, 3.05) is 33.0 Å². The van der Waals surface area contributed by atoms with Gasteiger partial charge in [0.15, 0.2) is 11.5 Å². The standard InChI is InChI=1S/C28H38N4O5/c1-3-5-14-31(15-6-4-2)26(33)18-32-17-21(20-8-10-23-24(16-20)37-19-36-23)27(28(34)35)22(32)9-11-25-29-12-7-13-30-25/h7-8,10,12-13,16,21-22,27H,3-6,9,11,14-15,17-19H2,1-2H3,(H,34,35). The summed E-state index contributed by atoms with van der Waals surface area (Å²) in [6, 6.07) is 7.10. The number of carbonyl (C=O) groups excluding carboxylic acids is 1. The van der Waals surface area contributed by atoms with Gasteiger partial charge < -0.3 is 19.5 Å². The molecule has 37 heavy (non-hydrogen) atoms. The van der Waals surface area contributed by atoms with Gasteiger partial charge in [-0.2, -0.15) is 0 Å². The van der Waals surface area contributed by atoms with E-state index >= 15 is 0 Å². The molecule has 1 saturated heterocycles. The predicted octanol–water partition coefficient (Wildman–Crippen LogP) is 3.74. The van der Waals surface area contributed by atoms with E-state index in [1.807, 2.05) is 23.1 Å². The summed E-state index contributed by atoms with van der Waals surface area (Å²) in [6.07, 6.45) is 8.45. The Morgan fingerprint density at radius 3 is 2.46 bits per heavy atom. The van der Waals surface area contributed by atoms with Gasteiger partial charge in [0.1, 0.15) is 5.82 Å². The Balaban J connectivity index is 1.59. The Hall–Kier alpha value is -3.20. The Morgan fingerprint density at radius 2 is 1.78 bits per heavy atom. The number of amides is 1. The van der Waals surface area contributed by atoms with Crippen LogP contribution in [0.15, 0.2) is 36.7 Å². The zero-order valence-corrected chi connectivity index (χ0v) is 21.8. The normalized spacial score (nSPS) is 20.8. The molecule has 3 unspecified atom stereocenters. The Kier molecular flexibility index (Phi) is 9.33. The fourth-order valence-electron chi connectivity index (χ4n) is 5.40. The molecule has 0 bridgehead atoms. The summed E-state index contributed by atoms with van der Waals surface area (Å²) in [5, 5.41) is 10.4. The van der Waals surface area contributed by atoms with Crippen molar-refractivity contribution >= 4 is 11.9 Å². The fraction of sp³-hybridized carbons (Fsp3) is 0.571. The molecule has 4 rings (SSSR count). The smallest absolute Gasteiger partial charge is 0.308 e. The van der Waals surface area contributed by atoms with E-state index in [1.54, 1.807) is 18.5 Å². The number of ether oxygens (including phenoxy) is 2. The molecule has 2 aromatic rings. The van der Waals surface area contributed by atoms with E-state index in [2.05, 4.69) is 28.7 Å². The van der Waals surface area contributed by atoms with Crippen molar-refractivity contribution in [3.63, 3.8) is 0 Å². The molecule has 1 amide bonds. The van der Waals surface area contributed by atoms with E-state index in [1.165, 1.54) is 0 Å². The number of rotatable bonds is 13. The zero-order chi connectivity index (χ0) is 26.2. The summed E-state index contributed by atoms with van der Waals surface area (Å²) in [7, 11) is 0. The van der Waals surface area contributed by atoms with E-state index in [4.69, 9.17) is 9.47 Å². The van der Waals surface area contributed by atoms with Crippen LogP contribution in [0, 0.1) is 5.92 Å². The number of carbonyl (C=O) groups is 2. The van der Waals surface area contributed by atoms with Crippen molar-refractivity contribution in [3.8, 4) is 11.5 Å². The van der Waals surface area contributed by atoms with Crippen molar-refractivity contribution in [3.05, 3.63) is 48.0 Å². The highest BCUT2D eigenvalue weighted by Crippen LogP contribution is 2.42. The largest absolute Gasteiger partial charge is 0.481 e. The highest BCUT2D eigenvalue weighted by molar-refractivity contribution is 5.79. The van der Waals surface area contributed by atoms with Crippen LogP contribution in [0.5, 0.6) is 11.5 Å². The fourth-order valence-corrected chi connectivity index (χ4v) is 5.40. The maximum Gasteiger partial charge on any atom is 0.308 e. The molecule has 1 aromatic carbocycles. The minimum Gasteiger partial charge on any atom is -0.481 e. The number of benzene rings is 1. The average molecular weight is 511 g/mol. The number of carboxylic acid groups (broad SMARTS) is 1. The van der Waals surface area contributed by atoms with E-state index in [-0.39, 0.29) is 31.2 Å². The maximum absolute atomic E-state index is 13.5. The third-order valence-corrected chi connectivity index (χ3v) is 7.40. The summed E-state index contributed by atoms with van der Waals surface area (Å²) in [6.45, 7) is 6.57. The van der Waals surface area contributed by atoms with Gasteiger partial charge in [-0.15, -0.1) is 0 Å². The number of unbranched alkanes of at least 4 members (excludes halogenated alkanes) is 2. The lowest BCUT2D eigenvalue weighted by Gasteiger charge is -2.29. The lowest BCUT2D eigenvalue weighted by Crippen LogP contribution is -2.44. The number of aromatic nitrogens is 2. The second kappa shape index (κ2) is 12.9. The van der Waals surface area contributed by atoms with Gasteiger partial charge in [-0.1, -0.05) is 32.8 Å². The number of carboxylic acids is 1. The first-order valence-electron chi connectivity index (χ1n) is 13.4. The second-order valence-electron chi connectivity index (χ2n) is 9.87. The van der Waals surface area contributed by atoms with E-state index in [0.717, 1.165) is 44.3 Å². The van der Waals surface area contributed by atoms with Crippen LogP contribution in [0.3, 0.4) is 0 Å². The number of aryl methyl sites for hydroxylation is 1. The number of hydrogen-bond donors (Lipinski definition) is 1. The first-order chi connectivity index (χ1) is 18.0. The van der Waals surface area contributed by atoms with Gasteiger partial charge in [-0.3, -0.25) is 14.5 Å². The van der Waals surface area contributed by atoms with Gasteiger partial charge in [0.2, 0.25) is 12.7 Å². The molecule has 0 aliphatic carbocycles. The summed E-state index contributed by atoms with van der Waals surface area (Å²) >= 11 is 0. The molecule has 3 atom stereocenters. The van der Waals surface area contributed by atoms with Gasteiger partial charge in [-0.25, -0.2) is 9.97 Å². The molecular formula is C28H38N4O5. The third-order valence-electron chi connectivity index (χ3n) is 7.40. The second-order valence-corrected chi connectivity index (χ2v) is 9.87. The number of aliphatic carboxylic acids is 1. The van der Waals surface area contributed by atoms with Crippen LogP contribution in [0.25, 0.3) is 0 Å². The molecule has 200 valence electrons. The first kappa shape index (κ1) is 26.9. The van der Waals surface area contributed by atoms with Gasteiger partial charge in [0, 0.05) is 50.4 Å². The Bertz CT molecular complexity index is 1040. The highest BCUT2D eigenvalue weighted by atomic mass is 16.7. The van der Waals surface area contributed by atoms with E-state index in [0.29, 0.717) is 36.7 Å². The van der Waals surface area contributed by atoms with Crippen molar-refractivity contribution in [2.45, 2.75) is 64.3 Å². The summed E-state index contributed by atoms with van der Waals surface area (Å²) in [5.74, 6) is 0.246. The summed E-state index contributed by atoms with van der Waals surface area (Å²) in [4.78, 5) is 38.8. The van der Waals surface area contributed by atoms with Crippen LogP contribution in [-0.4, -0.2) is 75.8 Å². The number of nitrogens with zero attached hydrogens (tertiary/aromatic N) is 4. The third kappa shape index (κ3) is 6.57. The maximum atomic E-state index is 13.5. The summed E-state index contributed by atoms with van der Waals surface area (Å²) < 4.78 is 11.0. The molecule has 2 aliphatic heterocycles. The lowest BCUT2D eigenvalue weighted by molar-refractivity contribution is -0.143. The van der Waals surface area contributed by atoms with Crippen LogP contribution in [0.2, 0.25) is 0 Å². The van der Waals surface area contributed by atoms with Crippen molar-refractivity contribution in [2.24, 2.45) is 5.92 Å². The van der Waals surface area contributed by atoms with Crippen LogP contribution in [-0.2, 0) is 16.0 Å². The molecule has 1 N–H and O–H groups in total. The van der Waals surface area contributed by atoms with E-state index < -0.39 is 11.9 Å². The predicted molar refractivity (Wildman–Crippen MR) is 139 cm³/mol. The molecule has 0 spiro atoms. The zero-order valence-electron chi connectivity index (χ0n) is 21.8. The molecule has 9 nitrogen and oxygen atoms in total. The monoisotopic (exact) mass is 510 g/mol. The molecule has 1 aromatic heterocycles. The molecular weight excluding hydrogens is 472 g/mol. The number of fused-ring (bicyclic) bond motifs is 1. The van der Waals surface area contributed by atoms with Gasteiger partial charge in [0.25, 0.3) is 0 Å². The molecule has 1 fully saturated rings. The molecule has 0 radical (unpaired) electrons.